The lowest BCUT2D eigenvalue weighted by Crippen LogP contribution is -2.53. The first-order valence-corrected chi connectivity index (χ1v) is 5.67. The molecule has 0 heterocycles. The van der Waals surface area contributed by atoms with E-state index < -0.39 is 42.3 Å². The van der Waals surface area contributed by atoms with Gasteiger partial charge in [-0.3, -0.25) is 14.4 Å². The molecule has 0 aliphatic rings. The fraction of sp³-hybridized carbons (Fsp3) is 0.636. The van der Waals surface area contributed by atoms with Crippen molar-refractivity contribution >= 4 is 23.8 Å². The monoisotopic (exact) mass is 274 g/mol. The first-order valence-electron chi connectivity index (χ1n) is 5.67. The average Bonchev–Trinajstić information content (AvgIpc) is 2.23. The van der Waals surface area contributed by atoms with E-state index in [0.717, 1.165) is 0 Å². The summed E-state index contributed by atoms with van der Waals surface area (Å²) in [6, 6.07) is -2.44. The van der Waals surface area contributed by atoms with Gasteiger partial charge in [0.2, 0.25) is 11.8 Å². The predicted octanol–water partition coefficient (Wildman–Crippen LogP) is -0.809. The van der Waals surface area contributed by atoms with Gasteiger partial charge >= 0.3 is 11.9 Å². The molecule has 0 saturated heterocycles. The summed E-state index contributed by atoms with van der Waals surface area (Å²) in [5.74, 6) is -4.20. The number of nitrogens with one attached hydrogen (secondary N) is 2. The Morgan fingerprint density at radius 2 is 1.58 bits per heavy atom. The number of amides is 2. The number of carboxylic acids is 2. The maximum Gasteiger partial charge on any atom is 0.326 e. The third-order valence-electron chi connectivity index (χ3n) is 2.30. The minimum atomic E-state index is -1.53. The lowest BCUT2D eigenvalue weighted by molar-refractivity contribution is -0.147. The van der Waals surface area contributed by atoms with E-state index in [4.69, 9.17) is 10.2 Å². The zero-order valence-corrected chi connectivity index (χ0v) is 11.0. The Hall–Kier alpha value is -2.12. The van der Waals surface area contributed by atoms with Crippen molar-refractivity contribution in [2.24, 2.45) is 5.92 Å². The first kappa shape index (κ1) is 16.9. The largest absolute Gasteiger partial charge is 0.481 e. The second kappa shape index (κ2) is 7.34. The number of carbonyl (C=O) groups excluding carboxylic acids is 2. The summed E-state index contributed by atoms with van der Waals surface area (Å²) in [5, 5.41) is 21.8. The molecule has 0 fully saturated rings. The Kier molecular flexibility index (Phi) is 6.53. The van der Waals surface area contributed by atoms with Gasteiger partial charge in [-0.25, -0.2) is 4.79 Å². The van der Waals surface area contributed by atoms with Crippen molar-refractivity contribution in [2.45, 2.75) is 39.3 Å². The average molecular weight is 274 g/mol. The Morgan fingerprint density at radius 1 is 1.05 bits per heavy atom. The normalized spacial score (nSPS) is 13.5. The van der Waals surface area contributed by atoms with Gasteiger partial charge in [-0.1, -0.05) is 13.8 Å². The number of hydrogen-bond acceptors (Lipinski definition) is 4. The van der Waals surface area contributed by atoms with E-state index in [9.17, 15) is 19.2 Å². The molecular weight excluding hydrogens is 256 g/mol. The topological polar surface area (TPSA) is 133 Å². The molecule has 4 N–H and O–H groups in total. The third kappa shape index (κ3) is 6.39. The highest BCUT2D eigenvalue weighted by Gasteiger charge is 2.29. The standard InChI is InChI=1S/C11H18N2O6/c1-5(2)9(12-6(3)14)10(17)13-7(11(18)19)4-8(15)16/h5,7,9H,4H2,1-3H3,(H,12,14)(H,13,17)(H,15,16)(H,18,19)/t7-,9-/m1/s1. The molecule has 108 valence electrons. The summed E-state index contributed by atoms with van der Waals surface area (Å²) in [5.41, 5.74) is 0. The van der Waals surface area contributed by atoms with E-state index >= 15 is 0 Å². The lowest BCUT2D eigenvalue weighted by atomic mass is 10.0. The van der Waals surface area contributed by atoms with Crippen LogP contribution in [-0.4, -0.2) is 46.0 Å². The number of rotatable bonds is 7. The van der Waals surface area contributed by atoms with E-state index in [1.807, 2.05) is 0 Å². The van der Waals surface area contributed by atoms with Crippen LogP contribution in [0.3, 0.4) is 0 Å². The minimum absolute atomic E-state index is 0.261. The Bertz CT molecular complexity index is 379. The molecule has 0 spiro atoms. The van der Waals surface area contributed by atoms with Gasteiger partial charge in [-0.15, -0.1) is 0 Å². The van der Waals surface area contributed by atoms with E-state index in [1.165, 1.54) is 6.92 Å². The van der Waals surface area contributed by atoms with Crippen molar-refractivity contribution in [3.05, 3.63) is 0 Å². The van der Waals surface area contributed by atoms with Crippen LogP contribution in [0.4, 0.5) is 0 Å². The summed E-state index contributed by atoms with van der Waals surface area (Å²) >= 11 is 0. The van der Waals surface area contributed by atoms with Crippen LogP contribution in [-0.2, 0) is 19.2 Å². The fourth-order valence-corrected chi connectivity index (χ4v) is 1.39. The van der Waals surface area contributed by atoms with Crippen LogP contribution in [0.2, 0.25) is 0 Å². The van der Waals surface area contributed by atoms with Crippen LogP contribution in [0.15, 0.2) is 0 Å². The van der Waals surface area contributed by atoms with Crippen LogP contribution in [0.25, 0.3) is 0 Å². The fourth-order valence-electron chi connectivity index (χ4n) is 1.39. The summed E-state index contributed by atoms with van der Waals surface area (Å²) in [4.78, 5) is 44.1. The predicted molar refractivity (Wildman–Crippen MR) is 64.3 cm³/mol. The van der Waals surface area contributed by atoms with Gasteiger partial charge in [0, 0.05) is 6.92 Å². The molecule has 0 aliphatic heterocycles. The molecule has 0 unspecified atom stereocenters. The van der Waals surface area contributed by atoms with Gasteiger partial charge in [0.15, 0.2) is 0 Å². The van der Waals surface area contributed by atoms with Gasteiger partial charge in [-0.2, -0.15) is 0 Å². The number of carboxylic acid groups (broad SMARTS) is 2. The van der Waals surface area contributed by atoms with Crippen molar-refractivity contribution in [1.29, 1.82) is 0 Å². The van der Waals surface area contributed by atoms with E-state index in [0.29, 0.717) is 0 Å². The highest BCUT2D eigenvalue weighted by atomic mass is 16.4. The maximum atomic E-state index is 11.8. The molecule has 0 aromatic rings. The van der Waals surface area contributed by atoms with E-state index in [-0.39, 0.29) is 5.92 Å². The molecule has 8 nitrogen and oxygen atoms in total. The summed E-state index contributed by atoms with van der Waals surface area (Å²) in [6.07, 6.45) is -0.730. The van der Waals surface area contributed by atoms with Crippen LogP contribution >= 0.6 is 0 Å². The molecule has 0 aliphatic carbocycles. The van der Waals surface area contributed by atoms with Gasteiger partial charge in [0.25, 0.3) is 0 Å². The lowest BCUT2D eigenvalue weighted by Gasteiger charge is -2.22. The first-order chi connectivity index (χ1) is 8.65. The van der Waals surface area contributed by atoms with Crippen molar-refractivity contribution in [3.8, 4) is 0 Å². The number of aliphatic carboxylic acids is 2. The van der Waals surface area contributed by atoms with E-state index in [1.54, 1.807) is 13.8 Å². The molecule has 0 bridgehead atoms. The highest BCUT2D eigenvalue weighted by molar-refractivity contribution is 5.91. The Balaban J connectivity index is 4.80. The van der Waals surface area contributed by atoms with Crippen molar-refractivity contribution in [2.75, 3.05) is 0 Å². The van der Waals surface area contributed by atoms with Gasteiger partial charge in [-0.05, 0) is 5.92 Å². The van der Waals surface area contributed by atoms with Crippen LogP contribution in [0, 0.1) is 5.92 Å². The molecule has 0 aromatic heterocycles. The maximum absolute atomic E-state index is 11.8. The number of carbonyl (C=O) groups is 4. The molecule has 0 saturated carbocycles. The molecular formula is C11H18N2O6. The van der Waals surface area contributed by atoms with Gasteiger partial charge in [0.05, 0.1) is 6.42 Å². The van der Waals surface area contributed by atoms with Crippen LogP contribution in [0.5, 0.6) is 0 Å². The Labute approximate surface area is 110 Å². The molecule has 19 heavy (non-hydrogen) atoms. The summed E-state index contributed by atoms with van der Waals surface area (Å²) in [7, 11) is 0. The zero-order chi connectivity index (χ0) is 15.2. The van der Waals surface area contributed by atoms with E-state index in [2.05, 4.69) is 10.6 Å². The Morgan fingerprint density at radius 3 is 1.89 bits per heavy atom. The SMILES string of the molecule is CC(=O)N[C@@H](C(=O)N[C@H](CC(=O)O)C(=O)O)C(C)C. The third-order valence-corrected chi connectivity index (χ3v) is 2.30. The van der Waals surface area contributed by atoms with Crippen molar-refractivity contribution < 1.29 is 29.4 Å². The molecule has 0 aromatic carbocycles. The number of hydrogen-bond donors (Lipinski definition) is 4. The van der Waals surface area contributed by atoms with Crippen LogP contribution < -0.4 is 10.6 Å². The van der Waals surface area contributed by atoms with Crippen molar-refractivity contribution in [3.63, 3.8) is 0 Å². The van der Waals surface area contributed by atoms with Crippen molar-refractivity contribution in [1.82, 2.24) is 10.6 Å². The highest BCUT2D eigenvalue weighted by Crippen LogP contribution is 2.03. The molecule has 0 rings (SSSR count). The summed E-state index contributed by atoms with van der Waals surface area (Å²) in [6.45, 7) is 4.58. The molecule has 8 heteroatoms. The minimum Gasteiger partial charge on any atom is -0.481 e. The quantitative estimate of drug-likeness (QED) is 0.480. The zero-order valence-electron chi connectivity index (χ0n) is 11.0. The van der Waals surface area contributed by atoms with Gasteiger partial charge < -0.3 is 20.8 Å². The van der Waals surface area contributed by atoms with Crippen LogP contribution in [0.1, 0.15) is 27.2 Å². The molecule has 2 atom stereocenters. The second-order valence-corrected chi connectivity index (χ2v) is 4.42. The molecule has 0 radical (unpaired) electrons. The smallest absolute Gasteiger partial charge is 0.326 e. The van der Waals surface area contributed by atoms with Gasteiger partial charge in [0.1, 0.15) is 12.1 Å². The summed E-state index contributed by atoms with van der Waals surface area (Å²) < 4.78 is 0. The second-order valence-electron chi connectivity index (χ2n) is 4.42. The molecule has 2 amide bonds.